The topological polar surface area (TPSA) is 215 Å². The number of benzene rings is 1. The van der Waals surface area contributed by atoms with Gasteiger partial charge in [-0.2, -0.15) is 15.1 Å². The van der Waals surface area contributed by atoms with Gasteiger partial charge >= 0.3 is 13.7 Å². The summed E-state index contributed by atoms with van der Waals surface area (Å²) in [5.74, 6) is -0.853. The van der Waals surface area contributed by atoms with E-state index in [0.29, 0.717) is 10.9 Å². The predicted octanol–water partition coefficient (Wildman–Crippen LogP) is 3.38. The molecule has 0 bridgehead atoms. The minimum Gasteiger partial charge on any atom is -0.479 e. The first-order valence-electron chi connectivity index (χ1n) is 15.4. The third-order valence-electron chi connectivity index (χ3n) is 7.71. The first kappa shape index (κ1) is 35.4. The highest BCUT2D eigenvalue weighted by Crippen LogP contribution is 2.49. The molecule has 5 N–H and O–H groups in total. The molecule has 1 aromatic carbocycles. The Morgan fingerprint density at radius 1 is 1.21 bits per heavy atom. The number of nitrogens with two attached hydrogens (primary N) is 1. The molecule has 0 spiro atoms. The lowest BCUT2D eigenvalue weighted by atomic mass is 9.96. The summed E-state index contributed by atoms with van der Waals surface area (Å²) >= 11 is 0. The molecule has 1 saturated heterocycles. The second-order valence-electron chi connectivity index (χ2n) is 13.3. The van der Waals surface area contributed by atoms with Gasteiger partial charge in [-0.05, 0) is 42.5 Å². The van der Waals surface area contributed by atoms with Gasteiger partial charge in [0.1, 0.15) is 29.6 Å². The maximum atomic E-state index is 14.6. The van der Waals surface area contributed by atoms with Gasteiger partial charge < -0.3 is 34.7 Å². The molecule has 0 amide bonds. The molecule has 0 radical (unpaired) electrons. The molecule has 0 saturated carbocycles. The van der Waals surface area contributed by atoms with Gasteiger partial charge in [-0.15, -0.1) is 0 Å². The zero-order chi connectivity index (χ0) is 35.0. The average molecular weight is 688 g/mol. The number of rotatable bonds is 12. The molecule has 1 fully saturated rings. The fourth-order valence-corrected chi connectivity index (χ4v) is 6.85. The second kappa shape index (κ2) is 13.5. The van der Waals surface area contributed by atoms with Crippen LogP contribution in [0.2, 0.25) is 0 Å². The summed E-state index contributed by atoms with van der Waals surface area (Å²) in [6.45, 7) is 10.2. The summed E-state index contributed by atoms with van der Waals surface area (Å²) in [7, 11) is -3.06. The number of fused-ring (bicyclic) bond motifs is 2. The van der Waals surface area contributed by atoms with Crippen molar-refractivity contribution in [3.05, 3.63) is 42.9 Å². The van der Waals surface area contributed by atoms with E-state index in [1.807, 2.05) is 20.8 Å². The number of pyridine rings is 1. The van der Waals surface area contributed by atoms with Crippen LogP contribution in [0.3, 0.4) is 0 Å². The molecule has 48 heavy (non-hydrogen) atoms. The summed E-state index contributed by atoms with van der Waals surface area (Å²) < 4.78 is 44.9. The number of esters is 1. The average Bonchev–Trinajstić information content (AvgIpc) is 3.54. The van der Waals surface area contributed by atoms with E-state index in [-0.39, 0.29) is 40.8 Å². The Morgan fingerprint density at radius 3 is 2.65 bits per heavy atom. The van der Waals surface area contributed by atoms with Gasteiger partial charge in [-0.1, -0.05) is 40.7 Å². The number of carbonyl (C=O) groups excluding carboxylic acids is 1. The number of carbonyl (C=O) groups is 1. The maximum Gasteiger partial charge on any atom is 0.459 e. The number of nitrogens with one attached hydrogen (secondary N) is 1. The van der Waals surface area contributed by atoms with E-state index in [9.17, 15) is 19.6 Å². The number of imidazole rings is 1. The molecular weight excluding hydrogens is 645 g/mol. The summed E-state index contributed by atoms with van der Waals surface area (Å²) in [6.07, 6.45) is -1.06. The summed E-state index contributed by atoms with van der Waals surface area (Å²) in [5, 5.41) is 26.0. The molecule has 4 heterocycles. The number of hydrogen-bond acceptors (Lipinski definition) is 14. The lowest BCUT2D eigenvalue weighted by molar-refractivity contribution is -0.149. The third kappa shape index (κ3) is 7.38. The minimum absolute atomic E-state index is 0.104. The highest BCUT2D eigenvalue weighted by atomic mass is 31.2. The van der Waals surface area contributed by atoms with Gasteiger partial charge in [-0.25, -0.2) is 9.55 Å². The van der Waals surface area contributed by atoms with E-state index in [1.54, 1.807) is 50.4 Å². The predicted molar refractivity (Wildman–Crippen MR) is 175 cm³/mol. The van der Waals surface area contributed by atoms with Gasteiger partial charge in [-0.3, -0.25) is 18.9 Å². The third-order valence-corrected chi connectivity index (χ3v) is 9.23. The Hall–Kier alpha value is -3.92. The van der Waals surface area contributed by atoms with Crippen LogP contribution < -0.4 is 20.1 Å². The number of anilines is 1. The minimum atomic E-state index is -4.45. The molecule has 2 unspecified atom stereocenters. The molecule has 16 nitrogen and oxygen atoms in total. The monoisotopic (exact) mass is 687 g/mol. The molecule has 6 atom stereocenters. The van der Waals surface area contributed by atoms with Crippen molar-refractivity contribution in [3.63, 3.8) is 0 Å². The molecular formula is C31H42N7O9P. The van der Waals surface area contributed by atoms with Crippen molar-refractivity contribution in [1.82, 2.24) is 29.6 Å². The molecule has 260 valence electrons. The quantitative estimate of drug-likeness (QED) is 0.124. The van der Waals surface area contributed by atoms with Crippen LogP contribution in [0.15, 0.2) is 42.9 Å². The molecule has 3 aromatic heterocycles. The first-order chi connectivity index (χ1) is 22.5. The molecule has 0 aliphatic carbocycles. The molecule has 1 aliphatic heterocycles. The summed E-state index contributed by atoms with van der Waals surface area (Å²) in [5.41, 5.74) is 4.66. The maximum absolute atomic E-state index is 14.6. The highest BCUT2D eigenvalue weighted by Gasteiger charge is 2.54. The van der Waals surface area contributed by atoms with Crippen LogP contribution in [-0.2, 0) is 23.4 Å². The van der Waals surface area contributed by atoms with Crippen LogP contribution >= 0.6 is 7.75 Å². The Labute approximate surface area is 277 Å². The SMILES string of the molecule is COc1nc(N)nc2c1ncn2C1O[C@H](COP(=O)(N[C@H](C(=O)OCC(C)(C)C)C(C)C)Oc2cccc3ncccc23)[C@@H](O)[C@@]1(C)O. The summed E-state index contributed by atoms with van der Waals surface area (Å²) in [6, 6.07) is 7.38. The smallest absolute Gasteiger partial charge is 0.459 e. The zero-order valence-electron chi connectivity index (χ0n) is 27.9. The molecule has 4 aromatic rings. The van der Waals surface area contributed by atoms with Crippen LogP contribution in [0.4, 0.5) is 5.95 Å². The van der Waals surface area contributed by atoms with Crippen LogP contribution in [0.1, 0.15) is 47.8 Å². The number of methoxy groups -OCH3 is 1. The van der Waals surface area contributed by atoms with E-state index >= 15 is 0 Å². The van der Waals surface area contributed by atoms with Gasteiger partial charge in [0.2, 0.25) is 11.8 Å². The normalized spacial score (nSPS) is 23.3. The summed E-state index contributed by atoms with van der Waals surface area (Å²) in [4.78, 5) is 30.1. The van der Waals surface area contributed by atoms with Crippen molar-refractivity contribution in [3.8, 4) is 11.6 Å². The number of hydrogen-bond donors (Lipinski definition) is 4. The standard InChI is InChI=1S/C31H42N7O9P/c1-17(2)22(27(40)44-15-30(3,4)5)37-48(42,47-20-12-8-11-19-18(20)10-9-13-33-19)45-14-21-24(39)31(6,41)28(46-21)38-16-34-23-25(38)35-29(32)36-26(23)43-7/h8-13,16-17,21-22,24,28,39,41H,14-15H2,1-7H3,(H,37,42)(H2,32,35,36)/t21-,22+,24-,28?,31-,48?/m1/s1. The molecule has 5 rings (SSSR count). The number of nitrogens with zero attached hydrogens (tertiary/aromatic N) is 5. The van der Waals surface area contributed by atoms with Crippen molar-refractivity contribution in [2.75, 3.05) is 26.1 Å². The van der Waals surface area contributed by atoms with E-state index in [0.717, 1.165) is 0 Å². The van der Waals surface area contributed by atoms with Gasteiger partial charge in [0, 0.05) is 11.6 Å². The largest absolute Gasteiger partial charge is 0.479 e. The molecule has 17 heteroatoms. The van der Waals surface area contributed by atoms with Gasteiger partial charge in [0.05, 0.1) is 32.2 Å². The van der Waals surface area contributed by atoms with Crippen LogP contribution in [0.25, 0.3) is 22.1 Å². The van der Waals surface area contributed by atoms with Gasteiger partial charge in [0.15, 0.2) is 17.4 Å². The number of aliphatic hydroxyl groups excluding tert-OH is 1. The Morgan fingerprint density at radius 2 is 1.96 bits per heavy atom. The van der Waals surface area contributed by atoms with Crippen molar-refractivity contribution in [1.29, 1.82) is 0 Å². The van der Waals surface area contributed by atoms with Crippen molar-refractivity contribution >= 4 is 41.7 Å². The Kier molecular flexibility index (Phi) is 9.98. The number of nitrogen functional groups attached to an aromatic ring is 1. The first-order valence-corrected chi connectivity index (χ1v) is 16.9. The fourth-order valence-electron chi connectivity index (χ4n) is 5.17. The lowest BCUT2D eigenvalue weighted by Crippen LogP contribution is -2.45. The molecule has 1 aliphatic rings. The van der Waals surface area contributed by atoms with Crippen LogP contribution in [0, 0.1) is 11.3 Å². The van der Waals surface area contributed by atoms with Crippen LogP contribution in [-0.4, -0.2) is 84.9 Å². The number of ether oxygens (including phenoxy) is 3. The number of aliphatic hydroxyl groups is 2. The second-order valence-corrected chi connectivity index (χ2v) is 15.0. The van der Waals surface area contributed by atoms with Crippen molar-refractivity contribution < 1.29 is 42.8 Å². The van der Waals surface area contributed by atoms with Crippen LogP contribution in [0.5, 0.6) is 11.6 Å². The van der Waals surface area contributed by atoms with Crippen molar-refractivity contribution in [2.45, 2.75) is 71.6 Å². The van der Waals surface area contributed by atoms with E-state index in [1.165, 1.54) is 24.9 Å². The Bertz CT molecular complexity index is 1820. The van der Waals surface area contributed by atoms with E-state index < -0.39 is 56.3 Å². The van der Waals surface area contributed by atoms with Crippen molar-refractivity contribution in [2.24, 2.45) is 11.3 Å². The van der Waals surface area contributed by atoms with E-state index in [2.05, 4.69) is 25.0 Å². The Balaban J connectivity index is 1.44. The highest BCUT2D eigenvalue weighted by molar-refractivity contribution is 7.52. The fraction of sp³-hybridized carbons (Fsp3) is 0.516. The van der Waals surface area contributed by atoms with Gasteiger partial charge in [0.25, 0.3) is 0 Å². The lowest BCUT2D eigenvalue weighted by Gasteiger charge is -2.29. The zero-order valence-corrected chi connectivity index (χ0v) is 28.7. The van der Waals surface area contributed by atoms with E-state index in [4.69, 9.17) is 29.0 Å². The number of aromatic nitrogens is 5.